The van der Waals surface area contributed by atoms with Gasteiger partial charge < -0.3 is 4.42 Å². The molecular formula is C22H16Cl2N2O. The maximum Gasteiger partial charge on any atom is 0.248 e. The van der Waals surface area contributed by atoms with E-state index in [1.807, 2.05) is 66.7 Å². The normalized spacial score (nSPS) is 10.9. The molecule has 0 N–H and O–H groups in total. The minimum absolute atomic E-state index is 0.448. The van der Waals surface area contributed by atoms with Crippen molar-refractivity contribution in [3.63, 3.8) is 0 Å². The van der Waals surface area contributed by atoms with E-state index in [4.69, 9.17) is 27.6 Å². The first kappa shape index (κ1) is 17.8. The minimum Gasteiger partial charge on any atom is -0.416 e. The van der Waals surface area contributed by atoms with Crippen molar-refractivity contribution in [1.82, 2.24) is 10.2 Å². The standard InChI is InChI=1S/C22H16Cl2N2O/c23-13-15-6-7-19(14-24)20(12-15)16-8-10-18(11-9-16)22-26-25-21(27-22)17-4-2-1-3-5-17/h1-12H,13-14H2. The lowest BCUT2D eigenvalue weighted by molar-refractivity contribution is 0.584. The van der Waals surface area contributed by atoms with Gasteiger partial charge in [-0.3, -0.25) is 0 Å². The van der Waals surface area contributed by atoms with E-state index in [-0.39, 0.29) is 0 Å². The van der Waals surface area contributed by atoms with Crippen molar-refractivity contribution in [3.05, 3.63) is 83.9 Å². The van der Waals surface area contributed by atoms with E-state index in [2.05, 4.69) is 16.3 Å². The number of aromatic nitrogens is 2. The van der Waals surface area contributed by atoms with Gasteiger partial charge in [-0.2, -0.15) is 0 Å². The quantitative estimate of drug-likeness (QED) is 0.360. The van der Waals surface area contributed by atoms with Crippen LogP contribution in [0.4, 0.5) is 0 Å². The van der Waals surface area contributed by atoms with Crippen molar-refractivity contribution >= 4 is 23.2 Å². The Kier molecular flexibility index (Phi) is 5.23. The molecule has 1 aromatic heterocycles. The molecule has 0 unspecified atom stereocenters. The summed E-state index contributed by atoms with van der Waals surface area (Å²) in [5, 5.41) is 8.32. The summed E-state index contributed by atoms with van der Waals surface area (Å²) in [6, 6.07) is 23.9. The van der Waals surface area contributed by atoms with Gasteiger partial charge in [-0.05, 0) is 52.6 Å². The zero-order chi connectivity index (χ0) is 18.6. The van der Waals surface area contributed by atoms with E-state index in [0.717, 1.165) is 33.4 Å². The van der Waals surface area contributed by atoms with Crippen LogP contribution in [0, 0.1) is 0 Å². The molecule has 0 saturated heterocycles. The summed E-state index contributed by atoms with van der Waals surface area (Å²) in [6.07, 6.45) is 0. The molecule has 3 nitrogen and oxygen atoms in total. The third-order valence-electron chi connectivity index (χ3n) is 4.36. The number of hydrogen-bond acceptors (Lipinski definition) is 3. The van der Waals surface area contributed by atoms with E-state index in [0.29, 0.717) is 23.5 Å². The van der Waals surface area contributed by atoms with Crippen LogP contribution in [0.3, 0.4) is 0 Å². The minimum atomic E-state index is 0.448. The highest BCUT2D eigenvalue weighted by Gasteiger charge is 2.11. The Balaban J connectivity index is 1.65. The Labute approximate surface area is 167 Å². The van der Waals surface area contributed by atoms with Gasteiger partial charge in [0.15, 0.2) is 0 Å². The van der Waals surface area contributed by atoms with Crippen molar-refractivity contribution in [2.24, 2.45) is 0 Å². The molecule has 27 heavy (non-hydrogen) atoms. The zero-order valence-electron chi connectivity index (χ0n) is 14.4. The van der Waals surface area contributed by atoms with Crippen LogP contribution in [-0.4, -0.2) is 10.2 Å². The Bertz CT molecular complexity index is 1040. The highest BCUT2D eigenvalue weighted by Crippen LogP contribution is 2.30. The molecule has 0 spiro atoms. The van der Waals surface area contributed by atoms with Crippen molar-refractivity contribution < 1.29 is 4.42 Å². The van der Waals surface area contributed by atoms with E-state index in [1.165, 1.54) is 0 Å². The lowest BCUT2D eigenvalue weighted by Crippen LogP contribution is -1.89. The summed E-state index contributed by atoms with van der Waals surface area (Å²) in [4.78, 5) is 0. The number of alkyl halides is 2. The predicted octanol–water partition coefficient (Wildman–Crippen LogP) is 6.55. The molecule has 0 fully saturated rings. The van der Waals surface area contributed by atoms with Crippen LogP contribution < -0.4 is 0 Å². The summed E-state index contributed by atoms with van der Waals surface area (Å²) in [5.74, 6) is 1.92. The molecular weight excluding hydrogens is 379 g/mol. The predicted molar refractivity (Wildman–Crippen MR) is 110 cm³/mol. The number of halogens is 2. The van der Waals surface area contributed by atoms with Crippen molar-refractivity contribution in [1.29, 1.82) is 0 Å². The molecule has 4 aromatic rings. The second-order valence-corrected chi connectivity index (χ2v) is 6.65. The molecule has 0 atom stereocenters. The molecule has 0 aliphatic carbocycles. The van der Waals surface area contributed by atoms with Gasteiger partial charge in [-0.25, -0.2) is 0 Å². The summed E-state index contributed by atoms with van der Waals surface area (Å²) < 4.78 is 5.82. The molecule has 5 heteroatoms. The topological polar surface area (TPSA) is 38.9 Å². The summed E-state index contributed by atoms with van der Waals surface area (Å²) in [5.41, 5.74) is 6.07. The Hall–Kier alpha value is -2.62. The lowest BCUT2D eigenvalue weighted by atomic mass is 9.97. The van der Waals surface area contributed by atoms with Gasteiger partial charge in [0.25, 0.3) is 0 Å². The molecule has 1 heterocycles. The Morgan fingerprint density at radius 2 is 1.30 bits per heavy atom. The molecule has 0 saturated carbocycles. The number of hydrogen-bond donors (Lipinski definition) is 0. The monoisotopic (exact) mass is 394 g/mol. The molecule has 0 aliphatic rings. The maximum atomic E-state index is 6.10. The molecule has 0 bridgehead atoms. The fourth-order valence-electron chi connectivity index (χ4n) is 2.92. The fourth-order valence-corrected chi connectivity index (χ4v) is 3.32. The highest BCUT2D eigenvalue weighted by molar-refractivity contribution is 6.18. The van der Waals surface area contributed by atoms with Crippen LogP contribution in [0.5, 0.6) is 0 Å². The van der Waals surface area contributed by atoms with Crippen LogP contribution in [0.15, 0.2) is 77.2 Å². The molecule has 0 aliphatic heterocycles. The third-order valence-corrected chi connectivity index (χ3v) is 4.96. The first-order valence-corrected chi connectivity index (χ1v) is 9.59. The van der Waals surface area contributed by atoms with Gasteiger partial charge in [0.05, 0.1) is 0 Å². The van der Waals surface area contributed by atoms with E-state index in [1.54, 1.807) is 0 Å². The largest absolute Gasteiger partial charge is 0.416 e. The Morgan fingerprint density at radius 1 is 0.667 bits per heavy atom. The average Bonchev–Trinajstić information content (AvgIpc) is 3.24. The van der Waals surface area contributed by atoms with Gasteiger partial charge in [-0.15, -0.1) is 33.4 Å². The van der Waals surface area contributed by atoms with Gasteiger partial charge in [0.2, 0.25) is 11.8 Å². The van der Waals surface area contributed by atoms with Gasteiger partial charge >= 0.3 is 0 Å². The average molecular weight is 395 g/mol. The van der Waals surface area contributed by atoms with Crippen molar-refractivity contribution in [2.75, 3.05) is 0 Å². The molecule has 0 amide bonds. The molecule has 3 aromatic carbocycles. The van der Waals surface area contributed by atoms with E-state index >= 15 is 0 Å². The smallest absolute Gasteiger partial charge is 0.248 e. The first-order chi connectivity index (χ1) is 13.3. The van der Waals surface area contributed by atoms with Crippen molar-refractivity contribution in [3.8, 4) is 34.0 Å². The van der Waals surface area contributed by atoms with E-state index in [9.17, 15) is 0 Å². The van der Waals surface area contributed by atoms with Crippen molar-refractivity contribution in [2.45, 2.75) is 11.8 Å². The van der Waals surface area contributed by atoms with Crippen LogP contribution >= 0.6 is 23.2 Å². The van der Waals surface area contributed by atoms with Gasteiger partial charge in [-0.1, -0.05) is 42.5 Å². The number of rotatable bonds is 5. The molecule has 134 valence electrons. The number of nitrogens with zero attached hydrogens (tertiary/aromatic N) is 2. The fraction of sp³-hybridized carbons (Fsp3) is 0.0909. The number of benzene rings is 3. The molecule has 0 radical (unpaired) electrons. The lowest BCUT2D eigenvalue weighted by Gasteiger charge is -2.10. The second-order valence-electron chi connectivity index (χ2n) is 6.11. The van der Waals surface area contributed by atoms with Crippen LogP contribution in [0.25, 0.3) is 34.0 Å². The first-order valence-electron chi connectivity index (χ1n) is 8.52. The second kappa shape index (κ2) is 7.95. The SMILES string of the molecule is ClCc1ccc(CCl)c(-c2ccc(-c3nnc(-c4ccccc4)o3)cc2)c1. The maximum absolute atomic E-state index is 6.10. The van der Waals surface area contributed by atoms with Crippen LogP contribution in [0.1, 0.15) is 11.1 Å². The summed E-state index contributed by atoms with van der Waals surface area (Å²) in [6.45, 7) is 0. The summed E-state index contributed by atoms with van der Waals surface area (Å²) >= 11 is 12.1. The summed E-state index contributed by atoms with van der Waals surface area (Å²) in [7, 11) is 0. The highest BCUT2D eigenvalue weighted by atomic mass is 35.5. The van der Waals surface area contributed by atoms with Crippen LogP contribution in [0.2, 0.25) is 0 Å². The van der Waals surface area contributed by atoms with Gasteiger partial charge in [0, 0.05) is 22.9 Å². The Morgan fingerprint density at radius 3 is 1.93 bits per heavy atom. The van der Waals surface area contributed by atoms with E-state index < -0.39 is 0 Å². The van der Waals surface area contributed by atoms with Crippen LogP contribution in [-0.2, 0) is 11.8 Å². The molecule has 4 rings (SSSR count). The zero-order valence-corrected chi connectivity index (χ0v) is 15.9. The van der Waals surface area contributed by atoms with Gasteiger partial charge in [0.1, 0.15) is 0 Å². The third kappa shape index (κ3) is 3.75.